The highest BCUT2D eigenvalue weighted by molar-refractivity contribution is 6.00. The van der Waals surface area contributed by atoms with E-state index in [1.807, 2.05) is 57.3 Å². The third-order valence-corrected chi connectivity index (χ3v) is 5.03. The second kappa shape index (κ2) is 8.47. The molecule has 3 heterocycles. The molecule has 2 N–H and O–H groups in total. The maximum absolute atomic E-state index is 12.0. The quantitative estimate of drug-likeness (QED) is 0.665. The van der Waals surface area contributed by atoms with Crippen LogP contribution in [0, 0.1) is 0 Å². The first-order valence-electron chi connectivity index (χ1n) is 10.5. The number of anilines is 2. The van der Waals surface area contributed by atoms with Gasteiger partial charge in [-0.25, -0.2) is 4.79 Å². The van der Waals surface area contributed by atoms with Gasteiger partial charge in [0.25, 0.3) is 0 Å². The highest BCUT2D eigenvalue weighted by Gasteiger charge is 2.21. The standard InChI is InChI=1S/C23H28N6O2/c1-15-14-29(12-11-25-15)21-19-13-24-10-9-18(19)20(27-28-21)16-5-7-17(8-6-16)26-22(30)31-23(2,3)4/h5-10,13,15,25H,11-12,14H2,1-4H3,(H,26,30)/t15-/m0/s1. The monoisotopic (exact) mass is 420 g/mol. The number of piperazine rings is 1. The number of carbonyl (C=O) groups excluding carboxylic acids is 1. The molecule has 1 aliphatic rings. The first kappa shape index (κ1) is 21.0. The van der Waals surface area contributed by atoms with Crippen molar-refractivity contribution in [2.75, 3.05) is 29.9 Å². The van der Waals surface area contributed by atoms with E-state index < -0.39 is 11.7 Å². The Balaban J connectivity index is 1.61. The fourth-order valence-corrected chi connectivity index (χ4v) is 3.69. The molecule has 0 saturated carbocycles. The molecule has 0 unspecified atom stereocenters. The molecule has 4 rings (SSSR count). The molecule has 1 saturated heterocycles. The van der Waals surface area contributed by atoms with Crippen LogP contribution in [0.2, 0.25) is 0 Å². The van der Waals surface area contributed by atoms with Gasteiger partial charge in [0.1, 0.15) is 11.3 Å². The summed E-state index contributed by atoms with van der Waals surface area (Å²) in [4.78, 5) is 18.6. The molecule has 1 amide bonds. The molecular weight excluding hydrogens is 392 g/mol. The molecule has 0 aliphatic carbocycles. The van der Waals surface area contributed by atoms with Crippen molar-refractivity contribution in [1.29, 1.82) is 0 Å². The summed E-state index contributed by atoms with van der Waals surface area (Å²) in [7, 11) is 0. The minimum atomic E-state index is -0.545. The van der Waals surface area contributed by atoms with Crippen molar-refractivity contribution in [2.24, 2.45) is 0 Å². The molecule has 2 aromatic heterocycles. The van der Waals surface area contributed by atoms with Crippen molar-refractivity contribution in [3.63, 3.8) is 0 Å². The number of rotatable bonds is 3. The summed E-state index contributed by atoms with van der Waals surface area (Å²) < 4.78 is 5.30. The van der Waals surface area contributed by atoms with E-state index in [9.17, 15) is 4.79 Å². The Morgan fingerprint density at radius 1 is 1.16 bits per heavy atom. The van der Waals surface area contributed by atoms with Crippen LogP contribution in [0.5, 0.6) is 0 Å². The van der Waals surface area contributed by atoms with Gasteiger partial charge in [0, 0.05) is 60.1 Å². The van der Waals surface area contributed by atoms with Crippen LogP contribution in [0.3, 0.4) is 0 Å². The molecule has 31 heavy (non-hydrogen) atoms. The highest BCUT2D eigenvalue weighted by atomic mass is 16.6. The summed E-state index contributed by atoms with van der Waals surface area (Å²) in [6.45, 7) is 10.3. The van der Waals surface area contributed by atoms with Crippen LogP contribution in [0.4, 0.5) is 16.3 Å². The van der Waals surface area contributed by atoms with Gasteiger partial charge in [-0.1, -0.05) is 12.1 Å². The van der Waals surface area contributed by atoms with E-state index in [4.69, 9.17) is 4.74 Å². The second-order valence-electron chi connectivity index (χ2n) is 8.80. The summed E-state index contributed by atoms with van der Waals surface area (Å²) in [5.74, 6) is 0.864. The Kier molecular flexibility index (Phi) is 5.73. The third-order valence-electron chi connectivity index (χ3n) is 5.03. The Hall–Kier alpha value is -3.26. The Bertz CT molecular complexity index is 1080. The first-order chi connectivity index (χ1) is 14.8. The van der Waals surface area contributed by atoms with Gasteiger partial charge in [-0.2, -0.15) is 0 Å². The van der Waals surface area contributed by atoms with Crippen LogP contribution < -0.4 is 15.5 Å². The van der Waals surface area contributed by atoms with Crippen LogP contribution in [0.15, 0.2) is 42.7 Å². The van der Waals surface area contributed by atoms with Crippen molar-refractivity contribution < 1.29 is 9.53 Å². The van der Waals surface area contributed by atoms with Gasteiger partial charge in [-0.3, -0.25) is 10.3 Å². The van der Waals surface area contributed by atoms with Gasteiger partial charge in [0.05, 0.1) is 0 Å². The minimum absolute atomic E-state index is 0.395. The zero-order valence-corrected chi connectivity index (χ0v) is 18.3. The fraction of sp³-hybridized carbons (Fsp3) is 0.391. The van der Waals surface area contributed by atoms with Crippen LogP contribution in [0.1, 0.15) is 27.7 Å². The van der Waals surface area contributed by atoms with Crippen LogP contribution in [-0.2, 0) is 4.74 Å². The molecule has 0 spiro atoms. The Labute approximate surface area is 182 Å². The predicted octanol–water partition coefficient (Wildman–Crippen LogP) is 3.84. The molecular formula is C23H28N6O2. The lowest BCUT2D eigenvalue weighted by atomic mass is 10.1. The largest absolute Gasteiger partial charge is 0.444 e. The van der Waals surface area contributed by atoms with E-state index in [-0.39, 0.29) is 0 Å². The van der Waals surface area contributed by atoms with Gasteiger partial charge in [-0.15, -0.1) is 10.2 Å². The number of ether oxygens (including phenoxy) is 1. The topological polar surface area (TPSA) is 92.3 Å². The van der Waals surface area contributed by atoms with Gasteiger partial charge in [-0.05, 0) is 45.9 Å². The van der Waals surface area contributed by atoms with Crippen molar-refractivity contribution in [2.45, 2.75) is 39.3 Å². The molecule has 1 aliphatic heterocycles. The van der Waals surface area contributed by atoms with E-state index in [0.29, 0.717) is 11.7 Å². The number of carbonyl (C=O) groups is 1. The lowest BCUT2D eigenvalue weighted by molar-refractivity contribution is 0.0636. The number of aromatic nitrogens is 3. The minimum Gasteiger partial charge on any atom is -0.444 e. The molecule has 1 aromatic carbocycles. The average molecular weight is 421 g/mol. The summed E-state index contributed by atoms with van der Waals surface area (Å²) in [5.41, 5.74) is 1.81. The van der Waals surface area contributed by atoms with E-state index in [0.717, 1.165) is 47.5 Å². The number of amides is 1. The second-order valence-corrected chi connectivity index (χ2v) is 8.80. The highest BCUT2D eigenvalue weighted by Crippen LogP contribution is 2.31. The van der Waals surface area contributed by atoms with Gasteiger partial charge >= 0.3 is 6.09 Å². The third kappa shape index (κ3) is 4.91. The molecule has 0 bridgehead atoms. The molecule has 8 nitrogen and oxygen atoms in total. The van der Waals surface area contributed by atoms with E-state index in [1.165, 1.54) is 0 Å². The molecule has 3 aromatic rings. The molecule has 8 heteroatoms. The van der Waals surface area contributed by atoms with Crippen LogP contribution >= 0.6 is 0 Å². The van der Waals surface area contributed by atoms with Crippen molar-refractivity contribution in [3.8, 4) is 11.3 Å². The number of nitrogens with zero attached hydrogens (tertiary/aromatic N) is 4. The molecule has 1 fully saturated rings. The van der Waals surface area contributed by atoms with Crippen LogP contribution in [-0.4, -0.2) is 52.6 Å². The number of benzene rings is 1. The number of hydrogen-bond acceptors (Lipinski definition) is 7. The predicted molar refractivity (Wildman–Crippen MR) is 122 cm³/mol. The van der Waals surface area contributed by atoms with Gasteiger partial charge < -0.3 is 15.0 Å². The van der Waals surface area contributed by atoms with Crippen molar-refractivity contribution >= 4 is 28.4 Å². The maximum atomic E-state index is 12.0. The van der Waals surface area contributed by atoms with E-state index >= 15 is 0 Å². The number of nitrogens with one attached hydrogen (secondary N) is 2. The van der Waals surface area contributed by atoms with Gasteiger partial charge in [0.15, 0.2) is 5.82 Å². The Morgan fingerprint density at radius 2 is 1.94 bits per heavy atom. The maximum Gasteiger partial charge on any atom is 0.412 e. The number of hydrogen-bond donors (Lipinski definition) is 2. The smallest absolute Gasteiger partial charge is 0.412 e. The summed E-state index contributed by atoms with van der Waals surface area (Å²) in [6.07, 6.45) is 3.15. The molecule has 162 valence electrons. The number of pyridine rings is 1. The van der Waals surface area contributed by atoms with Crippen molar-refractivity contribution in [3.05, 3.63) is 42.7 Å². The number of fused-ring (bicyclic) bond motifs is 1. The summed E-state index contributed by atoms with van der Waals surface area (Å²) in [5, 5.41) is 17.3. The first-order valence-corrected chi connectivity index (χ1v) is 10.5. The Morgan fingerprint density at radius 3 is 2.65 bits per heavy atom. The van der Waals surface area contributed by atoms with Gasteiger partial charge in [0.2, 0.25) is 0 Å². The zero-order chi connectivity index (χ0) is 22.0. The van der Waals surface area contributed by atoms with Crippen molar-refractivity contribution in [1.82, 2.24) is 20.5 Å². The van der Waals surface area contributed by atoms with E-state index in [1.54, 1.807) is 6.20 Å². The molecule has 1 atom stereocenters. The van der Waals surface area contributed by atoms with E-state index in [2.05, 4.69) is 37.6 Å². The average Bonchev–Trinajstić information content (AvgIpc) is 2.72. The lowest BCUT2D eigenvalue weighted by Gasteiger charge is -2.33. The molecule has 0 radical (unpaired) electrons. The normalized spacial score (nSPS) is 16.9. The summed E-state index contributed by atoms with van der Waals surface area (Å²) >= 11 is 0. The van der Waals surface area contributed by atoms with Crippen LogP contribution in [0.25, 0.3) is 22.0 Å². The lowest BCUT2D eigenvalue weighted by Crippen LogP contribution is -2.49. The summed E-state index contributed by atoms with van der Waals surface area (Å²) in [6, 6.07) is 9.87. The SMILES string of the molecule is C[C@H]1CN(c2nnc(-c3ccc(NC(=O)OC(C)(C)C)cc3)c3ccncc23)CCN1. The fourth-order valence-electron chi connectivity index (χ4n) is 3.69. The zero-order valence-electron chi connectivity index (χ0n) is 18.3.